The summed E-state index contributed by atoms with van der Waals surface area (Å²) in [6.45, 7) is 0.0164. The van der Waals surface area contributed by atoms with Gasteiger partial charge in [0.2, 0.25) is 10.0 Å². The van der Waals surface area contributed by atoms with Crippen molar-refractivity contribution < 1.29 is 17.9 Å². The largest absolute Gasteiger partial charge is 0.476 e. The number of fused-ring (bicyclic) bond motifs is 3. The number of hydrogen-bond donors (Lipinski definition) is 1. The minimum atomic E-state index is -3.47. The van der Waals surface area contributed by atoms with Gasteiger partial charge in [0.15, 0.2) is 6.10 Å². The van der Waals surface area contributed by atoms with Gasteiger partial charge >= 0.3 is 0 Å². The van der Waals surface area contributed by atoms with Crippen LogP contribution in [-0.4, -0.2) is 39.3 Å². The van der Waals surface area contributed by atoms with Crippen LogP contribution in [0.3, 0.4) is 0 Å². The Morgan fingerprint density at radius 1 is 1.25 bits per heavy atom. The number of ether oxygens (including phenoxy) is 1. The van der Waals surface area contributed by atoms with Crippen LogP contribution >= 0.6 is 0 Å². The number of carbonyl (C=O) groups excluding carboxylic acids is 1. The quantitative estimate of drug-likeness (QED) is 0.897. The van der Waals surface area contributed by atoms with Gasteiger partial charge in [-0.25, -0.2) is 8.42 Å². The molecule has 2 bridgehead atoms. The van der Waals surface area contributed by atoms with E-state index in [9.17, 15) is 13.2 Å². The summed E-state index contributed by atoms with van der Waals surface area (Å²) in [6.07, 6.45) is 5.03. The van der Waals surface area contributed by atoms with E-state index >= 15 is 0 Å². The van der Waals surface area contributed by atoms with Gasteiger partial charge in [0.25, 0.3) is 5.91 Å². The molecule has 2 aliphatic carbocycles. The molecule has 4 rings (SSSR count). The number of carbonyl (C=O) groups is 1. The minimum Gasteiger partial charge on any atom is -0.476 e. The van der Waals surface area contributed by atoms with Gasteiger partial charge in [-0.3, -0.25) is 9.10 Å². The predicted octanol–water partition coefficient (Wildman–Crippen LogP) is 1.52. The molecule has 130 valence electrons. The molecule has 0 radical (unpaired) electrons. The SMILES string of the molecule is CS(=O)(=O)N1C[C@H](C(=O)N[C@@H]2C[C@H]3CC[C@H]2C3)Oc2ccccc21. The summed E-state index contributed by atoms with van der Waals surface area (Å²) >= 11 is 0. The summed E-state index contributed by atoms with van der Waals surface area (Å²) in [5, 5.41) is 3.10. The van der Waals surface area contributed by atoms with Crippen molar-refractivity contribution in [3.8, 4) is 5.75 Å². The number of benzene rings is 1. The lowest BCUT2D eigenvalue weighted by molar-refractivity contribution is -0.128. The Bertz CT molecular complexity index is 764. The average Bonchev–Trinajstić information content (AvgIpc) is 3.15. The Balaban J connectivity index is 1.53. The van der Waals surface area contributed by atoms with Gasteiger partial charge in [-0.05, 0) is 43.2 Å². The molecule has 2 saturated carbocycles. The lowest BCUT2D eigenvalue weighted by Gasteiger charge is -2.35. The van der Waals surface area contributed by atoms with Crippen molar-refractivity contribution in [2.45, 2.75) is 37.8 Å². The summed E-state index contributed by atoms with van der Waals surface area (Å²) in [5.41, 5.74) is 0.490. The topological polar surface area (TPSA) is 75.7 Å². The standard InChI is InChI=1S/C17H22N2O4S/c1-24(21,22)19-10-16(23-15-5-3-2-4-14(15)19)17(20)18-13-9-11-6-7-12(13)8-11/h2-5,11-13,16H,6-10H2,1H3,(H,18,20)/t11-,12-,13+,16+/m0/s1. The molecule has 24 heavy (non-hydrogen) atoms. The van der Waals surface area contributed by atoms with Gasteiger partial charge in [-0.15, -0.1) is 0 Å². The number of nitrogens with one attached hydrogen (secondary N) is 1. The van der Waals surface area contributed by atoms with E-state index in [1.165, 1.54) is 23.6 Å². The fraction of sp³-hybridized carbons (Fsp3) is 0.588. The lowest BCUT2D eigenvalue weighted by Crippen LogP contribution is -2.53. The van der Waals surface area contributed by atoms with Crippen LogP contribution in [0.15, 0.2) is 24.3 Å². The fourth-order valence-electron chi connectivity index (χ4n) is 4.35. The molecule has 1 heterocycles. The zero-order chi connectivity index (χ0) is 16.9. The first-order valence-electron chi connectivity index (χ1n) is 8.45. The molecule has 1 aliphatic heterocycles. The predicted molar refractivity (Wildman–Crippen MR) is 90.4 cm³/mol. The molecule has 6 nitrogen and oxygen atoms in total. The number of nitrogens with zero attached hydrogens (tertiary/aromatic N) is 1. The molecule has 0 unspecified atom stereocenters. The number of sulfonamides is 1. The Morgan fingerprint density at radius 2 is 2.04 bits per heavy atom. The van der Waals surface area contributed by atoms with Gasteiger partial charge in [0.05, 0.1) is 18.5 Å². The number of hydrogen-bond acceptors (Lipinski definition) is 4. The van der Waals surface area contributed by atoms with E-state index in [0.29, 0.717) is 17.4 Å². The van der Waals surface area contributed by atoms with Crippen molar-refractivity contribution in [2.24, 2.45) is 11.8 Å². The molecular weight excluding hydrogens is 328 g/mol. The average molecular weight is 350 g/mol. The number of amides is 1. The highest BCUT2D eigenvalue weighted by molar-refractivity contribution is 7.92. The molecule has 1 amide bonds. The first-order chi connectivity index (χ1) is 11.4. The van der Waals surface area contributed by atoms with Crippen molar-refractivity contribution in [2.75, 3.05) is 17.1 Å². The van der Waals surface area contributed by atoms with E-state index < -0.39 is 16.1 Å². The molecule has 7 heteroatoms. The number of anilines is 1. The van der Waals surface area contributed by atoms with E-state index in [1.807, 2.05) is 0 Å². The van der Waals surface area contributed by atoms with Crippen LogP contribution in [0.25, 0.3) is 0 Å². The highest BCUT2D eigenvalue weighted by Crippen LogP contribution is 2.44. The maximum absolute atomic E-state index is 12.7. The zero-order valence-electron chi connectivity index (χ0n) is 13.6. The maximum Gasteiger partial charge on any atom is 0.263 e. The van der Waals surface area contributed by atoms with E-state index in [-0.39, 0.29) is 18.5 Å². The third-order valence-electron chi connectivity index (χ3n) is 5.49. The van der Waals surface area contributed by atoms with Crippen LogP contribution in [0.4, 0.5) is 5.69 Å². The Labute approximate surface area is 142 Å². The third kappa shape index (κ3) is 2.75. The van der Waals surface area contributed by atoms with Crippen LogP contribution in [0.2, 0.25) is 0 Å². The molecular formula is C17H22N2O4S. The second-order valence-corrected chi connectivity index (χ2v) is 9.07. The summed E-state index contributed by atoms with van der Waals surface area (Å²) < 4.78 is 31.3. The molecule has 4 atom stereocenters. The van der Waals surface area contributed by atoms with Crippen LogP contribution in [0.5, 0.6) is 5.75 Å². The molecule has 2 fully saturated rings. The molecule has 3 aliphatic rings. The van der Waals surface area contributed by atoms with E-state index in [2.05, 4.69) is 5.32 Å². The van der Waals surface area contributed by atoms with Gasteiger partial charge in [-0.2, -0.15) is 0 Å². The number of para-hydroxylation sites is 2. The first-order valence-corrected chi connectivity index (χ1v) is 10.3. The van der Waals surface area contributed by atoms with Crippen LogP contribution in [0.1, 0.15) is 25.7 Å². The van der Waals surface area contributed by atoms with Gasteiger partial charge in [0.1, 0.15) is 5.75 Å². The van der Waals surface area contributed by atoms with Gasteiger partial charge < -0.3 is 10.1 Å². The molecule has 0 saturated heterocycles. The summed E-state index contributed by atoms with van der Waals surface area (Å²) in [6, 6.07) is 7.14. The molecule has 0 spiro atoms. The third-order valence-corrected chi connectivity index (χ3v) is 6.64. The van der Waals surface area contributed by atoms with Crippen molar-refractivity contribution in [1.82, 2.24) is 5.32 Å². The van der Waals surface area contributed by atoms with Crippen molar-refractivity contribution in [3.05, 3.63) is 24.3 Å². The summed E-state index contributed by atoms with van der Waals surface area (Å²) in [5.74, 6) is 1.53. The Kier molecular flexibility index (Phi) is 3.71. The minimum absolute atomic E-state index is 0.0164. The number of rotatable bonds is 3. The van der Waals surface area contributed by atoms with E-state index in [0.717, 1.165) is 18.6 Å². The Hall–Kier alpha value is -1.76. The van der Waals surface area contributed by atoms with Crippen molar-refractivity contribution in [1.29, 1.82) is 0 Å². The van der Waals surface area contributed by atoms with Crippen LogP contribution < -0.4 is 14.4 Å². The second kappa shape index (κ2) is 5.65. The summed E-state index contributed by atoms with van der Waals surface area (Å²) in [7, 11) is -3.47. The Morgan fingerprint density at radius 3 is 2.71 bits per heavy atom. The zero-order valence-corrected chi connectivity index (χ0v) is 14.5. The highest BCUT2D eigenvalue weighted by atomic mass is 32.2. The highest BCUT2D eigenvalue weighted by Gasteiger charge is 2.42. The van der Waals surface area contributed by atoms with Crippen LogP contribution in [-0.2, 0) is 14.8 Å². The molecule has 0 aromatic heterocycles. The fourth-order valence-corrected chi connectivity index (χ4v) is 5.26. The van der Waals surface area contributed by atoms with Gasteiger partial charge in [-0.1, -0.05) is 18.6 Å². The monoisotopic (exact) mass is 350 g/mol. The van der Waals surface area contributed by atoms with E-state index in [4.69, 9.17) is 4.74 Å². The van der Waals surface area contributed by atoms with E-state index in [1.54, 1.807) is 24.3 Å². The maximum atomic E-state index is 12.7. The second-order valence-electron chi connectivity index (χ2n) is 7.16. The van der Waals surface area contributed by atoms with Gasteiger partial charge in [0, 0.05) is 6.04 Å². The normalized spacial score (nSPS) is 31.5. The molecule has 1 N–H and O–H groups in total. The smallest absolute Gasteiger partial charge is 0.263 e. The first kappa shape index (κ1) is 15.7. The molecule has 1 aromatic rings. The molecule has 1 aromatic carbocycles. The van der Waals surface area contributed by atoms with Crippen molar-refractivity contribution in [3.63, 3.8) is 0 Å². The lowest BCUT2D eigenvalue weighted by atomic mass is 9.95. The van der Waals surface area contributed by atoms with Crippen molar-refractivity contribution >= 4 is 21.6 Å². The van der Waals surface area contributed by atoms with Crippen LogP contribution in [0, 0.1) is 11.8 Å². The summed E-state index contributed by atoms with van der Waals surface area (Å²) in [4.78, 5) is 12.7.